The van der Waals surface area contributed by atoms with E-state index in [2.05, 4.69) is 10.3 Å². The summed E-state index contributed by atoms with van der Waals surface area (Å²) in [5.41, 5.74) is 1.79. The standard InChI is InChI=1S/C20H22N2O4/c1-12-17(25-19(24)26-20(2,3)4)15(13-8-6-5-7-9-13)16-14(22-12)10-11-21-18(16)23/h5-11,15,22H,1-4H3,(H,21,23). The molecule has 1 unspecified atom stereocenters. The second-order valence-corrected chi connectivity index (χ2v) is 7.16. The lowest BCUT2D eigenvalue weighted by atomic mass is 9.86. The molecule has 2 aromatic rings. The lowest BCUT2D eigenvalue weighted by Gasteiger charge is -2.30. The number of carbonyl (C=O) groups is 1. The van der Waals surface area contributed by atoms with Gasteiger partial charge < -0.3 is 19.8 Å². The van der Waals surface area contributed by atoms with E-state index in [4.69, 9.17) is 9.47 Å². The van der Waals surface area contributed by atoms with Crippen molar-refractivity contribution in [2.24, 2.45) is 0 Å². The zero-order valence-corrected chi connectivity index (χ0v) is 15.3. The van der Waals surface area contributed by atoms with Crippen LogP contribution in [0.5, 0.6) is 0 Å². The summed E-state index contributed by atoms with van der Waals surface area (Å²) in [6.07, 6.45) is 0.786. The average Bonchev–Trinajstić information content (AvgIpc) is 2.55. The van der Waals surface area contributed by atoms with Crippen LogP contribution in [0.4, 0.5) is 10.5 Å². The summed E-state index contributed by atoms with van der Waals surface area (Å²) in [5, 5.41) is 3.15. The van der Waals surface area contributed by atoms with Crippen LogP contribution in [0, 0.1) is 0 Å². The lowest BCUT2D eigenvalue weighted by Crippen LogP contribution is -2.30. The highest BCUT2D eigenvalue weighted by Gasteiger charge is 2.34. The molecular weight excluding hydrogens is 332 g/mol. The van der Waals surface area contributed by atoms with Crippen LogP contribution in [-0.2, 0) is 9.47 Å². The first-order valence-corrected chi connectivity index (χ1v) is 8.41. The van der Waals surface area contributed by atoms with Gasteiger partial charge in [-0.15, -0.1) is 0 Å². The number of allylic oxidation sites excluding steroid dienone is 2. The van der Waals surface area contributed by atoms with Gasteiger partial charge in [-0.1, -0.05) is 30.3 Å². The van der Waals surface area contributed by atoms with Crippen molar-refractivity contribution in [3.63, 3.8) is 0 Å². The molecule has 26 heavy (non-hydrogen) atoms. The molecule has 1 aromatic carbocycles. The van der Waals surface area contributed by atoms with Crippen LogP contribution in [0.3, 0.4) is 0 Å². The van der Waals surface area contributed by atoms with Crippen molar-refractivity contribution in [2.75, 3.05) is 5.32 Å². The Balaban J connectivity index is 2.08. The molecule has 0 radical (unpaired) electrons. The number of rotatable bonds is 2. The van der Waals surface area contributed by atoms with E-state index in [1.165, 1.54) is 0 Å². The van der Waals surface area contributed by atoms with Gasteiger partial charge in [0, 0.05) is 11.9 Å². The molecule has 6 nitrogen and oxygen atoms in total. The number of anilines is 1. The average molecular weight is 354 g/mol. The van der Waals surface area contributed by atoms with Crippen molar-refractivity contribution >= 4 is 11.8 Å². The molecule has 0 aliphatic carbocycles. The van der Waals surface area contributed by atoms with Crippen LogP contribution in [0.15, 0.2) is 58.8 Å². The van der Waals surface area contributed by atoms with Gasteiger partial charge in [-0.3, -0.25) is 4.79 Å². The molecule has 0 spiro atoms. The molecule has 0 bridgehead atoms. The van der Waals surface area contributed by atoms with Crippen LogP contribution >= 0.6 is 0 Å². The number of aromatic nitrogens is 1. The molecule has 1 aliphatic rings. The topological polar surface area (TPSA) is 80.4 Å². The fraction of sp³-hybridized carbons (Fsp3) is 0.300. The van der Waals surface area contributed by atoms with Gasteiger partial charge in [0.15, 0.2) is 0 Å². The first-order chi connectivity index (χ1) is 12.3. The first kappa shape index (κ1) is 17.8. The summed E-state index contributed by atoms with van der Waals surface area (Å²) < 4.78 is 10.8. The molecule has 2 heterocycles. The molecule has 2 N–H and O–H groups in total. The summed E-state index contributed by atoms with van der Waals surface area (Å²) in [6, 6.07) is 11.3. The number of hydrogen-bond acceptors (Lipinski definition) is 5. The van der Waals surface area contributed by atoms with E-state index in [-0.39, 0.29) is 5.56 Å². The predicted octanol–water partition coefficient (Wildman–Crippen LogP) is 4.12. The third kappa shape index (κ3) is 3.64. The molecule has 136 valence electrons. The molecule has 6 heteroatoms. The highest BCUT2D eigenvalue weighted by molar-refractivity contribution is 5.68. The number of hydrogen-bond donors (Lipinski definition) is 2. The van der Waals surface area contributed by atoms with Gasteiger partial charge in [0.25, 0.3) is 5.56 Å². The van der Waals surface area contributed by atoms with Crippen LogP contribution in [0.25, 0.3) is 0 Å². The number of nitrogens with one attached hydrogen (secondary N) is 2. The number of ether oxygens (including phenoxy) is 2. The summed E-state index contributed by atoms with van der Waals surface area (Å²) in [5.74, 6) is -0.153. The molecule has 0 fully saturated rings. The Bertz CT molecular complexity index is 907. The van der Waals surface area contributed by atoms with Crippen molar-refractivity contribution < 1.29 is 14.3 Å². The summed E-state index contributed by atoms with van der Waals surface area (Å²) in [4.78, 5) is 27.5. The second-order valence-electron chi connectivity index (χ2n) is 7.16. The fourth-order valence-electron chi connectivity index (χ4n) is 2.96. The van der Waals surface area contributed by atoms with Crippen molar-refractivity contribution in [3.05, 3.63) is 75.5 Å². The minimum absolute atomic E-state index is 0.235. The van der Waals surface area contributed by atoms with E-state index >= 15 is 0 Å². The number of benzene rings is 1. The van der Waals surface area contributed by atoms with Gasteiger partial charge >= 0.3 is 6.16 Å². The van der Waals surface area contributed by atoms with Gasteiger partial charge in [-0.05, 0) is 39.3 Å². The maximum atomic E-state index is 12.5. The van der Waals surface area contributed by atoms with Gasteiger partial charge in [0.2, 0.25) is 0 Å². The minimum Gasteiger partial charge on any atom is -0.428 e. The third-order valence-electron chi connectivity index (χ3n) is 3.96. The number of aromatic amines is 1. The summed E-state index contributed by atoms with van der Waals surface area (Å²) >= 11 is 0. The smallest absolute Gasteiger partial charge is 0.428 e. The minimum atomic E-state index is -0.801. The van der Waals surface area contributed by atoms with Gasteiger partial charge in [0.05, 0.1) is 17.2 Å². The van der Waals surface area contributed by atoms with E-state index in [1.807, 2.05) is 30.3 Å². The quantitative estimate of drug-likeness (QED) is 0.793. The Morgan fingerprint density at radius 2 is 1.81 bits per heavy atom. The Hall–Kier alpha value is -3.02. The number of H-pyrrole nitrogens is 1. The van der Waals surface area contributed by atoms with Crippen molar-refractivity contribution in [1.82, 2.24) is 4.98 Å². The maximum absolute atomic E-state index is 12.5. The van der Waals surface area contributed by atoms with Crippen LogP contribution in [0.2, 0.25) is 0 Å². The van der Waals surface area contributed by atoms with E-state index in [1.54, 1.807) is 40.0 Å². The van der Waals surface area contributed by atoms with E-state index in [0.29, 0.717) is 22.7 Å². The molecule has 1 aliphatic heterocycles. The molecule has 0 saturated carbocycles. The largest absolute Gasteiger partial charge is 0.514 e. The maximum Gasteiger partial charge on any atom is 0.514 e. The Kier molecular flexibility index (Phi) is 4.59. The number of fused-ring (bicyclic) bond motifs is 1. The van der Waals surface area contributed by atoms with E-state index in [0.717, 1.165) is 5.56 Å². The Morgan fingerprint density at radius 3 is 2.46 bits per heavy atom. The van der Waals surface area contributed by atoms with Crippen molar-refractivity contribution in [3.8, 4) is 0 Å². The van der Waals surface area contributed by atoms with Crippen molar-refractivity contribution in [1.29, 1.82) is 0 Å². The molecular formula is C20H22N2O4. The van der Waals surface area contributed by atoms with Crippen LogP contribution in [-0.4, -0.2) is 16.7 Å². The van der Waals surface area contributed by atoms with Crippen molar-refractivity contribution in [2.45, 2.75) is 39.2 Å². The normalized spacial score (nSPS) is 16.5. The second kappa shape index (κ2) is 6.71. The van der Waals surface area contributed by atoms with Gasteiger partial charge in [-0.25, -0.2) is 4.79 Å². The molecule has 0 saturated heterocycles. The first-order valence-electron chi connectivity index (χ1n) is 8.41. The monoisotopic (exact) mass is 354 g/mol. The fourth-order valence-corrected chi connectivity index (χ4v) is 2.96. The Morgan fingerprint density at radius 1 is 1.12 bits per heavy atom. The highest BCUT2D eigenvalue weighted by atomic mass is 16.7. The van der Waals surface area contributed by atoms with Gasteiger partial charge in [0.1, 0.15) is 11.4 Å². The zero-order chi connectivity index (χ0) is 18.9. The summed E-state index contributed by atoms with van der Waals surface area (Å²) in [6.45, 7) is 7.11. The SMILES string of the molecule is CC1=C(OC(=O)OC(C)(C)C)C(c2ccccc2)c2c(cc[nH]c2=O)N1. The molecule has 0 amide bonds. The Labute approximate surface area is 151 Å². The molecule has 1 aromatic heterocycles. The lowest BCUT2D eigenvalue weighted by molar-refractivity contribution is 0.00438. The number of carbonyl (C=O) groups excluding carboxylic acids is 1. The predicted molar refractivity (Wildman–Crippen MR) is 99.0 cm³/mol. The van der Waals surface area contributed by atoms with E-state index in [9.17, 15) is 9.59 Å². The number of pyridine rings is 1. The molecule has 3 rings (SSSR count). The summed E-state index contributed by atoms with van der Waals surface area (Å²) in [7, 11) is 0. The van der Waals surface area contributed by atoms with Crippen LogP contribution < -0.4 is 10.9 Å². The van der Waals surface area contributed by atoms with E-state index < -0.39 is 17.7 Å². The van der Waals surface area contributed by atoms with Gasteiger partial charge in [-0.2, -0.15) is 0 Å². The zero-order valence-electron chi connectivity index (χ0n) is 15.3. The molecule has 1 atom stereocenters. The highest BCUT2D eigenvalue weighted by Crippen LogP contribution is 2.40. The third-order valence-corrected chi connectivity index (χ3v) is 3.96. The van der Waals surface area contributed by atoms with Crippen LogP contribution in [0.1, 0.15) is 44.7 Å².